The third kappa shape index (κ3) is 6.61. The molecule has 0 saturated carbocycles. The number of alkyl halides is 3. The minimum atomic E-state index is -4.51. The summed E-state index contributed by atoms with van der Waals surface area (Å²) < 4.78 is 50.7. The van der Waals surface area contributed by atoms with E-state index in [0.29, 0.717) is 33.6 Å². The lowest BCUT2D eigenvalue weighted by atomic mass is 9.94. The molecule has 2 atom stereocenters. The van der Waals surface area contributed by atoms with Crippen molar-refractivity contribution in [2.24, 2.45) is 0 Å². The van der Waals surface area contributed by atoms with Gasteiger partial charge < -0.3 is 19.9 Å². The first-order valence-electron chi connectivity index (χ1n) is 11.0. The highest BCUT2D eigenvalue weighted by Crippen LogP contribution is 2.37. The van der Waals surface area contributed by atoms with Crippen LogP contribution in [0.4, 0.5) is 13.2 Å². The van der Waals surface area contributed by atoms with Crippen molar-refractivity contribution in [2.45, 2.75) is 38.2 Å². The number of carbonyl (C=O) groups excluding carboxylic acids is 1. The van der Waals surface area contributed by atoms with Gasteiger partial charge in [0.25, 0.3) is 0 Å². The first-order valence-corrected chi connectivity index (χ1v) is 11.0. The Hall–Kier alpha value is -3.36. The normalized spacial score (nSPS) is 13.2. The van der Waals surface area contributed by atoms with Gasteiger partial charge in [0.05, 0.1) is 32.3 Å². The van der Waals surface area contributed by atoms with Gasteiger partial charge in [0.1, 0.15) is 5.75 Å². The number of benzene rings is 3. The Bertz CT molecular complexity index is 1150. The van der Waals surface area contributed by atoms with Crippen molar-refractivity contribution in [3.63, 3.8) is 0 Å². The standard InChI is InChI=1S/C27H28F3NO4/c1-17(26(33)19-7-5-4-6-8-19)31-16-20-15-21(27(28,29)30)10-11-22(20)23-13-18(14-25(32)35-3)9-12-24(23)34-2/h4-13,15,17,26,31,33H,14,16H2,1-3H3/t17-,26-/m0/s1. The van der Waals surface area contributed by atoms with Gasteiger partial charge in [-0.25, -0.2) is 0 Å². The van der Waals surface area contributed by atoms with Gasteiger partial charge in [0.15, 0.2) is 0 Å². The molecule has 8 heteroatoms. The monoisotopic (exact) mass is 487 g/mol. The molecule has 3 aromatic rings. The first kappa shape index (κ1) is 26.2. The molecule has 0 amide bonds. The molecule has 0 unspecified atom stereocenters. The second kappa shape index (κ2) is 11.4. The van der Waals surface area contributed by atoms with Crippen molar-refractivity contribution in [3.8, 4) is 16.9 Å². The van der Waals surface area contributed by atoms with Gasteiger partial charge in [-0.3, -0.25) is 4.79 Å². The van der Waals surface area contributed by atoms with Gasteiger partial charge in [0, 0.05) is 18.2 Å². The molecule has 0 aliphatic heterocycles. The third-order valence-corrected chi connectivity index (χ3v) is 5.79. The lowest BCUT2D eigenvalue weighted by Crippen LogP contribution is -2.32. The van der Waals surface area contributed by atoms with Crippen LogP contribution in [0.25, 0.3) is 11.1 Å². The second-order valence-electron chi connectivity index (χ2n) is 8.18. The predicted octanol–water partition coefficient (Wildman–Crippen LogP) is 5.31. The number of ether oxygens (including phenoxy) is 2. The number of halogens is 3. The van der Waals surface area contributed by atoms with E-state index in [4.69, 9.17) is 9.47 Å². The highest BCUT2D eigenvalue weighted by molar-refractivity contribution is 5.77. The van der Waals surface area contributed by atoms with Crippen LogP contribution >= 0.6 is 0 Å². The number of carbonyl (C=O) groups is 1. The van der Waals surface area contributed by atoms with E-state index in [-0.39, 0.29) is 13.0 Å². The average molecular weight is 488 g/mol. The van der Waals surface area contributed by atoms with Gasteiger partial charge in [-0.1, -0.05) is 42.5 Å². The fraction of sp³-hybridized carbons (Fsp3) is 0.296. The number of aliphatic hydroxyl groups excluding tert-OH is 1. The zero-order valence-corrected chi connectivity index (χ0v) is 19.7. The number of aliphatic hydroxyl groups is 1. The van der Waals surface area contributed by atoms with Gasteiger partial charge in [-0.15, -0.1) is 0 Å². The smallest absolute Gasteiger partial charge is 0.416 e. The summed E-state index contributed by atoms with van der Waals surface area (Å²) in [5.74, 6) is 0.0242. The molecule has 0 fully saturated rings. The number of nitrogens with one attached hydrogen (secondary N) is 1. The Balaban J connectivity index is 1.98. The van der Waals surface area contributed by atoms with E-state index < -0.39 is 29.9 Å². The molecule has 0 radical (unpaired) electrons. The molecule has 186 valence electrons. The van der Waals surface area contributed by atoms with E-state index in [1.54, 1.807) is 37.3 Å². The molecule has 0 heterocycles. The van der Waals surface area contributed by atoms with Crippen LogP contribution in [0.15, 0.2) is 66.7 Å². The molecule has 2 N–H and O–H groups in total. The molecule has 0 aliphatic carbocycles. The summed E-state index contributed by atoms with van der Waals surface area (Å²) in [5, 5.41) is 13.8. The van der Waals surface area contributed by atoms with Crippen LogP contribution in [0, 0.1) is 0 Å². The molecule has 0 bridgehead atoms. The third-order valence-electron chi connectivity index (χ3n) is 5.79. The average Bonchev–Trinajstić information content (AvgIpc) is 2.86. The number of methoxy groups -OCH3 is 2. The molecule has 0 aliphatic rings. The van der Waals surface area contributed by atoms with Crippen molar-refractivity contribution in [3.05, 3.63) is 89.0 Å². The van der Waals surface area contributed by atoms with E-state index >= 15 is 0 Å². The zero-order chi connectivity index (χ0) is 25.6. The van der Waals surface area contributed by atoms with Crippen molar-refractivity contribution in [1.29, 1.82) is 0 Å². The summed E-state index contributed by atoms with van der Waals surface area (Å²) in [6.45, 7) is 1.83. The highest BCUT2D eigenvalue weighted by Gasteiger charge is 2.31. The Morgan fingerprint density at radius 1 is 1.00 bits per heavy atom. The zero-order valence-electron chi connectivity index (χ0n) is 19.7. The molecular formula is C27H28F3NO4. The fourth-order valence-corrected chi connectivity index (χ4v) is 3.81. The minimum Gasteiger partial charge on any atom is -0.496 e. The van der Waals surface area contributed by atoms with Crippen LogP contribution < -0.4 is 10.1 Å². The summed E-state index contributed by atoms with van der Waals surface area (Å²) in [6.07, 6.45) is -5.34. The van der Waals surface area contributed by atoms with E-state index in [1.807, 2.05) is 18.2 Å². The number of esters is 1. The number of hydrogen-bond donors (Lipinski definition) is 2. The topological polar surface area (TPSA) is 67.8 Å². The van der Waals surface area contributed by atoms with Crippen LogP contribution in [0.2, 0.25) is 0 Å². The van der Waals surface area contributed by atoms with E-state index in [2.05, 4.69) is 5.32 Å². The van der Waals surface area contributed by atoms with Gasteiger partial charge in [-0.2, -0.15) is 13.2 Å². The van der Waals surface area contributed by atoms with Crippen LogP contribution in [0.5, 0.6) is 5.75 Å². The largest absolute Gasteiger partial charge is 0.496 e. The summed E-state index contributed by atoms with van der Waals surface area (Å²) in [4.78, 5) is 11.8. The summed E-state index contributed by atoms with van der Waals surface area (Å²) in [6, 6.07) is 17.2. The Morgan fingerprint density at radius 3 is 2.34 bits per heavy atom. The van der Waals surface area contributed by atoms with Crippen LogP contribution in [0.1, 0.15) is 35.3 Å². The molecule has 5 nitrogen and oxygen atoms in total. The predicted molar refractivity (Wildman–Crippen MR) is 127 cm³/mol. The number of rotatable bonds is 9. The van der Waals surface area contributed by atoms with Crippen molar-refractivity contribution < 1.29 is 32.5 Å². The maximum Gasteiger partial charge on any atom is 0.416 e. The van der Waals surface area contributed by atoms with Crippen molar-refractivity contribution in [1.82, 2.24) is 5.32 Å². The van der Waals surface area contributed by atoms with Gasteiger partial charge in [-0.05, 0) is 53.4 Å². The maximum atomic E-state index is 13.5. The summed E-state index contributed by atoms with van der Waals surface area (Å²) >= 11 is 0. The van der Waals surface area contributed by atoms with Crippen LogP contribution in [0.3, 0.4) is 0 Å². The summed E-state index contributed by atoms with van der Waals surface area (Å²) in [7, 11) is 2.76. The second-order valence-corrected chi connectivity index (χ2v) is 8.18. The highest BCUT2D eigenvalue weighted by atomic mass is 19.4. The number of hydrogen-bond acceptors (Lipinski definition) is 5. The molecule has 0 aromatic heterocycles. The van der Waals surface area contributed by atoms with Crippen LogP contribution in [-0.2, 0) is 28.7 Å². The molecule has 3 rings (SSSR count). The lowest BCUT2D eigenvalue weighted by Gasteiger charge is -2.22. The molecule has 3 aromatic carbocycles. The van der Waals surface area contributed by atoms with E-state index in [9.17, 15) is 23.1 Å². The summed E-state index contributed by atoms with van der Waals surface area (Å²) in [5.41, 5.74) is 2.01. The van der Waals surface area contributed by atoms with E-state index in [1.165, 1.54) is 20.3 Å². The Morgan fingerprint density at radius 2 is 1.71 bits per heavy atom. The quantitative estimate of drug-likeness (QED) is 0.401. The minimum absolute atomic E-state index is 0.0159. The van der Waals surface area contributed by atoms with Crippen molar-refractivity contribution >= 4 is 5.97 Å². The molecule has 0 saturated heterocycles. The fourth-order valence-electron chi connectivity index (χ4n) is 3.81. The first-order chi connectivity index (χ1) is 16.6. The SMILES string of the molecule is COC(=O)Cc1ccc(OC)c(-c2ccc(C(F)(F)F)cc2CN[C@@H](C)[C@H](O)c2ccccc2)c1. The van der Waals surface area contributed by atoms with Crippen molar-refractivity contribution in [2.75, 3.05) is 14.2 Å². The van der Waals surface area contributed by atoms with E-state index in [0.717, 1.165) is 12.1 Å². The van der Waals surface area contributed by atoms with Crippen LogP contribution in [-0.4, -0.2) is 31.3 Å². The molecule has 35 heavy (non-hydrogen) atoms. The molecule has 0 spiro atoms. The lowest BCUT2D eigenvalue weighted by molar-refractivity contribution is -0.140. The maximum absolute atomic E-state index is 13.5. The Labute approximate surface area is 202 Å². The van der Waals surface area contributed by atoms with Gasteiger partial charge >= 0.3 is 12.1 Å². The Kier molecular flexibility index (Phi) is 8.53. The van der Waals surface area contributed by atoms with Gasteiger partial charge in [0.2, 0.25) is 0 Å². The molecular weight excluding hydrogens is 459 g/mol.